The van der Waals surface area contributed by atoms with Gasteiger partial charge in [0.15, 0.2) is 0 Å². The van der Waals surface area contributed by atoms with E-state index in [1.54, 1.807) is 12.1 Å². The largest absolute Gasteiger partial charge is 0.508 e. The van der Waals surface area contributed by atoms with E-state index in [0.717, 1.165) is 32.4 Å². The fourth-order valence-electron chi connectivity index (χ4n) is 2.27. The maximum atomic E-state index is 9.19. The first-order valence-electron chi connectivity index (χ1n) is 6.37. The van der Waals surface area contributed by atoms with Gasteiger partial charge in [0.1, 0.15) is 5.75 Å². The highest BCUT2D eigenvalue weighted by molar-refractivity contribution is 5.25. The lowest BCUT2D eigenvalue weighted by atomic mass is 10.0. The normalized spacial score (nSPS) is 24.8. The van der Waals surface area contributed by atoms with Gasteiger partial charge in [0, 0.05) is 12.6 Å². The van der Waals surface area contributed by atoms with Gasteiger partial charge < -0.3 is 15.2 Å². The zero-order valence-corrected chi connectivity index (χ0v) is 10.4. The van der Waals surface area contributed by atoms with Crippen LogP contribution in [0.25, 0.3) is 0 Å². The smallest absolute Gasteiger partial charge is 0.115 e. The van der Waals surface area contributed by atoms with Crippen molar-refractivity contribution in [1.29, 1.82) is 0 Å². The molecule has 0 aromatic heterocycles. The molecule has 2 unspecified atom stereocenters. The molecule has 2 N–H and O–H groups in total. The van der Waals surface area contributed by atoms with Crippen LogP contribution in [0.5, 0.6) is 5.75 Å². The monoisotopic (exact) mass is 235 g/mol. The summed E-state index contributed by atoms with van der Waals surface area (Å²) in [4.78, 5) is 0. The first kappa shape index (κ1) is 12.4. The SMILES string of the molecule is CC1CC(NCCc2ccc(O)cc2)CCO1. The summed E-state index contributed by atoms with van der Waals surface area (Å²) >= 11 is 0. The van der Waals surface area contributed by atoms with Crippen LogP contribution < -0.4 is 5.32 Å². The molecule has 1 aromatic rings. The molecule has 1 fully saturated rings. The molecule has 0 amide bonds. The third kappa shape index (κ3) is 4.02. The second-order valence-corrected chi connectivity index (χ2v) is 4.77. The van der Waals surface area contributed by atoms with Crippen molar-refractivity contribution < 1.29 is 9.84 Å². The highest BCUT2D eigenvalue weighted by Gasteiger charge is 2.18. The van der Waals surface area contributed by atoms with Crippen LogP contribution in [-0.4, -0.2) is 30.4 Å². The standard InChI is InChI=1S/C14H21NO2/c1-11-10-13(7-9-17-11)15-8-6-12-2-4-14(16)5-3-12/h2-5,11,13,15-16H,6-10H2,1H3. The van der Waals surface area contributed by atoms with Gasteiger partial charge >= 0.3 is 0 Å². The van der Waals surface area contributed by atoms with E-state index in [2.05, 4.69) is 12.2 Å². The molecule has 0 radical (unpaired) electrons. The Morgan fingerprint density at radius 3 is 2.82 bits per heavy atom. The van der Waals surface area contributed by atoms with Gasteiger partial charge in [-0.1, -0.05) is 12.1 Å². The van der Waals surface area contributed by atoms with Gasteiger partial charge in [-0.3, -0.25) is 0 Å². The van der Waals surface area contributed by atoms with E-state index in [9.17, 15) is 5.11 Å². The molecule has 1 saturated heterocycles. The van der Waals surface area contributed by atoms with Crippen LogP contribution in [0.2, 0.25) is 0 Å². The molecule has 0 bridgehead atoms. The van der Waals surface area contributed by atoms with Crippen molar-refractivity contribution in [2.75, 3.05) is 13.2 Å². The number of phenols is 1. The predicted molar refractivity (Wildman–Crippen MR) is 68.2 cm³/mol. The van der Waals surface area contributed by atoms with Crippen LogP contribution in [0.3, 0.4) is 0 Å². The third-order valence-corrected chi connectivity index (χ3v) is 3.27. The molecule has 1 aliphatic rings. The van der Waals surface area contributed by atoms with Gasteiger partial charge in [0.05, 0.1) is 6.10 Å². The number of hydrogen-bond acceptors (Lipinski definition) is 3. The van der Waals surface area contributed by atoms with Gasteiger partial charge in [-0.25, -0.2) is 0 Å². The quantitative estimate of drug-likeness (QED) is 0.839. The number of nitrogens with one attached hydrogen (secondary N) is 1. The van der Waals surface area contributed by atoms with Crippen molar-refractivity contribution in [3.63, 3.8) is 0 Å². The Bertz CT molecular complexity index is 337. The molecular formula is C14H21NO2. The molecule has 0 saturated carbocycles. The highest BCUT2D eigenvalue weighted by atomic mass is 16.5. The van der Waals surface area contributed by atoms with Crippen LogP contribution in [0.15, 0.2) is 24.3 Å². The van der Waals surface area contributed by atoms with Gasteiger partial charge in [0.25, 0.3) is 0 Å². The fourth-order valence-corrected chi connectivity index (χ4v) is 2.27. The number of phenolic OH excluding ortho intramolecular Hbond substituents is 1. The average molecular weight is 235 g/mol. The van der Waals surface area contributed by atoms with Crippen LogP contribution >= 0.6 is 0 Å². The zero-order valence-electron chi connectivity index (χ0n) is 10.4. The maximum Gasteiger partial charge on any atom is 0.115 e. The number of aromatic hydroxyl groups is 1. The molecule has 2 atom stereocenters. The van der Waals surface area contributed by atoms with Crippen molar-refractivity contribution in [2.45, 2.75) is 38.3 Å². The third-order valence-electron chi connectivity index (χ3n) is 3.27. The van der Waals surface area contributed by atoms with Crippen molar-refractivity contribution in [3.05, 3.63) is 29.8 Å². The van der Waals surface area contributed by atoms with Crippen LogP contribution in [-0.2, 0) is 11.2 Å². The van der Waals surface area contributed by atoms with Crippen molar-refractivity contribution in [1.82, 2.24) is 5.32 Å². The van der Waals surface area contributed by atoms with E-state index in [1.807, 2.05) is 12.1 Å². The maximum absolute atomic E-state index is 9.19. The molecule has 0 aliphatic carbocycles. The summed E-state index contributed by atoms with van der Waals surface area (Å²) in [7, 11) is 0. The molecule has 17 heavy (non-hydrogen) atoms. The van der Waals surface area contributed by atoms with Gasteiger partial charge in [-0.05, 0) is 50.4 Å². The lowest BCUT2D eigenvalue weighted by Gasteiger charge is -2.28. The number of rotatable bonds is 4. The molecule has 1 aliphatic heterocycles. The number of hydrogen-bond donors (Lipinski definition) is 2. The molecule has 3 nitrogen and oxygen atoms in total. The molecule has 0 spiro atoms. The summed E-state index contributed by atoms with van der Waals surface area (Å²) in [6, 6.07) is 8.03. The van der Waals surface area contributed by atoms with Crippen LogP contribution in [0, 0.1) is 0 Å². The Hall–Kier alpha value is -1.06. The number of ether oxygens (including phenoxy) is 1. The summed E-state index contributed by atoms with van der Waals surface area (Å²) in [6.45, 7) is 3.99. The minimum absolute atomic E-state index is 0.333. The Balaban J connectivity index is 1.70. The summed E-state index contributed by atoms with van der Waals surface area (Å²) in [5, 5.41) is 12.8. The highest BCUT2D eigenvalue weighted by Crippen LogP contribution is 2.13. The van der Waals surface area contributed by atoms with E-state index < -0.39 is 0 Å². The molecule has 2 rings (SSSR count). The topological polar surface area (TPSA) is 41.5 Å². The van der Waals surface area contributed by atoms with E-state index in [1.165, 1.54) is 5.56 Å². The van der Waals surface area contributed by atoms with Crippen molar-refractivity contribution in [2.24, 2.45) is 0 Å². The Kier molecular flexibility index (Phi) is 4.40. The lowest BCUT2D eigenvalue weighted by Crippen LogP contribution is -2.38. The first-order chi connectivity index (χ1) is 8.24. The Morgan fingerprint density at radius 2 is 2.12 bits per heavy atom. The van der Waals surface area contributed by atoms with Crippen LogP contribution in [0.4, 0.5) is 0 Å². The van der Waals surface area contributed by atoms with Crippen LogP contribution in [0.1, 0.15) is 25.3 Å². The second kappa shape index (κ2) is 6.03. The van der Waals surface area contributed by atoms with Gasteiger partial charge in [0.2, 0.25) is 0 Å². The van der Waals surface area contributed by atoms with Gasteiger partial charge in [-0.15, -0.1) is 0 Å². The number of benzene rings is 1. The molecular weight excluding hydrogens is 214 g/mol. The molecule has 1 aromatic carbocycles. The Morgan fingerprint density at radius 1 is 1.35 bits per heavy atom. The lowest BCUT2D eigenvalue weighted by molar-refractivity contribution is 0.0135. The summed E-state index contributed by atoms with van der Waals surface area (Å²) in [6.07, 6.45) is 3.61. The molecule has 1 heterocycles. The zero-order chi connectivity index (χ0) is 12.1. The van der Waals surface area contributed by atoms with E-state index in [0.29, 0.717) is 17.9 Å². The Labute approximate surface area is 103 Å². The second-order valence-electron chi connectivity index (χ2n) is 4.77. The van der Waals surface area contributed by atoms with E-state index >= 15 is 0 Å². The predicted octanol–water partition coefficient (Wildman–Crippen LogP) is 2.09. The van der Waals surface area contributed by atoms with Crippen molar-refractivity contribution >= 4 is 0 Å². The fraction of sp³-hybridized carbons (Fsp3) is 0.571. The molecule has 94 valence electrons. The van der Waals surface area contributed by atoms with E-state index in [-0.39, 0.29) is 0 Å². The summed E-state index contributed by atoms with van der Waals surface area (Å²) in [5.41, 5.74) is 1.26. The summed E-state index contributed by atoms with van der Waals surface area (Å²) < 4.78 is 5.52. The van der Waals surface area contributed by atoms with Gasteiger partial charge in [-0.2, -0.15) is 0 Å². The van der Waals surface area contributed by atoms with E-state index in [4.69, 9.17) is 4.74 Å². The average Bonchev–Trinajstić information content (AvgIpc) is 2.32. The first-order valence-corrected chi connectivity index (χ1v) is 6.37. The minimum Gasteiger partial charge on any atom is -0.508 e. The summed E-state index contributed by atoms with van der Waals surface area (Å²) in [5.74, 6) is 0.333. The minimum atomic E-state index is 0.333. The molecule has 3 heteroatoms. The van der Waals surface area contributed by atoms with Crippen molar-refractivity contribution in [3.8, 4) is 5.75 Å².